The van der Waals surface area contributed by atoms with Crippen LogP contribution in [-0.2, 0) is 38.4 Å². The fourth-order valence-corrected chi connectivity index (χ4v) is 1.61. The van der Waals surface area contributed by atoms with Crippen LogP contribution in [0.25, 0.3) is 0 Å². The first-order valence-electron chi connectivity index (χ1n) is 6.78. The molecule has 0 aromatic rings. The van der Waals surface area contributed by atoms with Gasteiger partial charge in [-0.3, -0.25) is 38.4 Å². The van der Waals surface area contributed by atoms with Crippen molar-refractivity contribution in [3.8, 4) is 0 Å². The number of aldehydes is 2. The Kier molecular flexibility index (Phi) is 10.5. The molecule has 0 radical (unpaired) electrons. The summed E-state index contributed by atoms with van der Waals surface area (Å²) in [6.45, 7) is 0. The van der Waals surface area contributed by atoms with Gasteiger partial charge in [-0.2, -0.15) is 10.1 Å². The van der Waals surface area contributed by atoms with Crippen LogP contribution in [-0.4, -0.2) is 60.5 Å². The van der Waals surface area contributed by atoms with Gasteiger partial charge in [0.05, 0.1) is 14.2 Å². The maximum Gasteiger partial charge on any atom is 0.253 e. The van der Waals surface area contributed by atoms with Crippen molar-refractivity contribution < 1.29 is 38.4 Å². The molecule has 0 N–H and O–H groups in total. The summed E-state index contributed by atoms with van der Waals surface area (Å²) < 4.78 is 0. The highest BCUT2D eigenvalue weighted by Gasteiger charge is 2.29. The van der Waals surface area contributed by atoms with Crippen LogP contribution < -0.4 is 0 Å². The van der Waals surface area contributed by atoms with Crippen molar-refractivity contribution in [3.05, 3.63) is 12.2 Å². The Morgan fingerprint density at radius 3 is 1.04 bits per heavy atom. The lowest BCUT2D eigenvalue weighted by atomic mass is 10.4. The summed E-state index contributed by atoms with van der Waals surface area (Å²) in [5.41, 5.74) is 0. The van der Waals surface area contributed by atoms with E-state index in [0.717, 1.165) is 22.3 Å². The molecule has 0 spiro atoms. The van der Waals surface area contributed by atoms with E-state index in [1.165, 1.54) is 14.2 Å². The summed E-state index contributed by atoms with van der Waals surface area (Å²) in [6, 6.07) is 0. The van der Waals surface area contributed by atoms with E-state index in [2.05, 4.69) is 9.68 Å². The Bertz CT molecular complexity index is 451. The third-order valence-electron chi connectivity index (χ3n) is 2.64. The lowest BCUT2D eigenvalue weighted by Crippen LogP contribution is -2.27. The molecular formula is C14H18N2O8. The van der Waals surface area contributed by atoms with Crippen molar-refractivity contribution in [1.29, 1.82) is 0 Å². The third kappa shape index (κ3) is 7.03. The average Bonchev–Trinajstić information content (AvgIpc) is 3.07. The van der Waals surface area contributed by atoms with Gasteiger partial charge in [0.25, 0.3) is 23.6 Å². The molecule has 2 heterocycles. The number of imide groups is 2. The molecule has 10 nitrogen and oxygen atoms in total. The molecule has 0 aliphatic carbocycles. The molecule has 2 rings (SSSR count). The van der Waals surface area contributed by atoms with Crippen LogP contribution in [0.3, 0.4) is 0 Å². The summed E-state index contributed by atoms with van der Waals surface area (Å²) in [5, 5.41) is 1.58. The largest absolute Gasteiger partial charge is 0.299 e. The molecule has 0 atom stereocenters. The van der Waals surface area contributed by atoms with Gasteiger partial charge in [-0.15, -0.1) is 0 Å². The van der Waals surface area contributed by atoms with Gasteiger partial charge in [-0.25, -0.2) is 0 Å². The monoisotopic (exact) mass is 342 g/mol. The van der Waals surface area contributed by atoms with E-state index in [0.29, 0.717) is 12.6 Å². The number of carbonyl (C=O) groups excluding carboxylic acids is 6. The summed E-state index contributed by atoms with van der Waals surface area (Å²) >= 11 is 0. The number of rotatable bonds is 4. The second-order valence-corrected chi connectivity index (χ2v) is 4.19. The lowest BCUT2D eigenvalue weighted by Gasteiger charge is -2.07. The zero-order chi connectivity index (χ0) is 18.5. The number of hydrogen-bond donors (Lipinski definition) is 0. The lowest BCUT2D eigenvalue weighted by molar-refractivity contribution is -0.180. The van der Waals surface area contributed by atoms with Gasteiger partial charge in [0.2, 0.25) is 0 Å². The molecule has 24 heavy (non-hydrogen) atoms. The van der Waals surface area contributed by atoms with E-state index in [4.69, 9.17) is 0 Å². The van der Waals surface area contributed by atoms with Gasteiger partial charge in [-0.05, 0) is 12.2 Å². The molecule has 2 aliphatic heterocycles. The summed E-state index contributed by atoms with van der Waals surface area (Å²) in [7, 11) is 2.61. The van der Waals surface area contributed by atoms with E-state index < -0.39 is 0 Å². The van der Waals surface area contributed by atoms with Crippen LogP contribution >= 0.6 is 0 Å². The average molecular weight is 342 g/mol. The Morgan fingerprint density at radius 2 is 0.917 bits per heavy atom. The molecule has 0 saturated carbocycles. The zero-order valence-electron chi connectivity index (χ0n) is 13.3. The quantitative estimate of drug-likeness (QED) is 0.374. The van der Waals surface area contributed by atoms with Gasteiger partial charge < -0.3 is 0 Å². The highest BCUT2D eigenvalue weighted by Crippen LogP contribution is 2.10. The van der Waals surface area contributed by atoms with Crippen molar-refractivity contribution in [2.45, 2.75) is 25.7 Å². The van der Waals surface area contributed by atoms with E-state index in [1.54, 1.807) is 0 Å². The van der Waals surface area contributed by atoms with E-state index in [1.807, 2.05) is 0 Å². The van der Waals surface area contributed by atoms with Crippen LogP contribution in [0.15, 0.2) is 12.2 Å². The molecule has 2 aliphatic rings. The molecule has 0 bridgehead atoms. The van der Waals surface area contributed by atoms with Crippen LogP contribution in [0.1, 0.15) is 25.7 Å². The first-order valence-corrected chi connectivity index (χ1v) is 6.78. The van der Waals surface area contributed by atoms with Crippen molar-refractivity contribution in [2.24, 2.45) is 0 Å². The minimum Gasteiger partial charge on any atom is -0.299 e. The van der Waals surface area contributed by atoms with Crippen LogP contribution in [0.4, 0.5) is 0 Å². The molecule has 2 fully saturated rings. The molecule has 0 aromatic carbocycles. The predicted molar refractivity (Wildman–Crippen MR) is 77.5 cm³/mol. The zero-order valence-corrected chi connectivity index (χ0v) is 13.3. The minimum absolute atomic E-state index is 0.248. The Morgan fingerprint density at radius 1 is 0.667 bits per heavy atom. The Balaban J connectivity index is 0.000000340. The van der Waals surface area contributed by atoms with Crippen molar-refractivity contribution >= 4 is 36.2 Å². The number of hydroxylamine groups is 4. The van der Waals surface area contributed by atoms with Crippen LogP contribution in [0.5, 0.6) is 0 Å². The van der Waals surface area contributed by atoms with Gasteiger partial charge in [0.15, 0.2) is 0 Å². The topological polar surface area (TPSA) is 127 Å². The molecule has 4 amide bonds. The second-order valence-electron chi connectivity index (χ2n) is 4.19. The van der Waals surface area contributed by atoms with E-state index in [9.17, 15) is 28.8 Å². The number of carbonyl (C=O) groups is 6. The standard InChI is InChI=1S/2C5H7NO3.C4H4O2/c2*1-9-6-4(7)2-3-5(6)8;5-3-1-2-4-6/h2*2-3H2,1H3;1-4H/b;;2-1-. The summed E-state index contributed by atoms with van der Waals surface area (Å²) in [5.74, 6) is -0.991. The minimum atomic E-state index is -0.248. The Hall–Kier alpha value is -2.72. The van der Waals surface area contributed by atoms with E-state index >= 15 is 0 Å². The molecule has 0 unspecified atom stereocenters. The van der Waals surface area contributed by atoms with Crippen molar-refractivity contribution in [2.75, 3.05) is 14.2 Å². The van der Waals surface area contributed by atoms with E-state index in [-0.39, 0.29) is 49.3 Å². The summed E-state index contributed by atoms with van der Waals surface area (Å²) in [4.78, 5) is 70.0. The Labute approximate surface area is 137 Å². The molecule has 132 valence electrons. The number of nitrogens with zero attached hydrogens (tertiary/aromatic N) is 2. The normalized spacial score (nSPS) is 16.8. The first kappa shape index (κ1) is 21.3. The van der Waals surface area contributed by atoms with Crippen LogP contribution in [0.2, 0.25) is 0 Å². The van der Waals surface area contributed by atoms with Crippen molar-refractivity contribution in [1.82, 2.24) is 10.1 Å². The SMILES string of the molecule is CON1C(=O)CCC1=O.CON1C(=O)CCC1=O.O=C/C=C\C=O. The van der Waals surface area contributed by atoms with Gasteiger partial charge >= 0.3 is 0 Å². The highest BCUT2D eigenvalue weighted by molar-refractivity contribution is 6.01. The number of amides is 4. The molecule has 2 saturated heterocycles. The van der Waals surface area contributed by atoms with Gasteiger partial charge in [-0.1, -0.05) is 0 Å². The fraction of sp³-hybridized carbons (Fsp3) is 0.429. The maximum absolute atomic E-state index is 10.6. The molecular weight excluding hydrogens is 324 g/mol. The van der Waals surface area contributed by atoms with Crippen LogP contribution in [0, 0.1) is 0 Å². The third-order valence-corrected chi connectivity index (χ3v) is 2.64. The predicted octanol–water partition coefficient (Wildman–Crippen LogP) is -0.666. The number of hydrogen-bond acceptors (Lipinski definition) is 8. The van der Waals surface area contributed by atoms with Gasteiger partial charge in [0.1, 0.15) is 12.6 Å². The van der Waals surface area contributed by atoms with Crippen molar-refractivity contribution in [3.63, 3.8) is 0 Å². The number of allylic oxidation sites excluding steroid dienone is 2. The first-order chi connectivity index (χ1) is 11.4. The smallest absolute Gasteiger partial charge is 0.253 e. The second kappa shape index (κ2) is 11.8. The van der Waals surface area contributed by atoms with Gasteiger partial charge in [0, 0.05) is 25.7 Å². The molecule has 0 aromatic heterocycles. The molecule has 10 heteroatoms. The maximum atomic E-state index is 10.6. The fourth-order valence-electron chi connectivity index (χ4n) is 1.61. The highest BCUT2D eigenvalue weighted by atomic mass is 16.7. The summed E-state index contributed by atoms with van der Waals surface area (Å²) in [6.07, 6.45) is 4.50.